The lowest BCUT2D eigenvalue weighted by atomic mass is 10.2. The van der Waals surface area contributed by atoms with Crippen LogP contribution in [-0.2, 0) is 6.54 Å². The van der Waals surface area contributed by atoms with Gasteiger partial charge in [-0.1, -0.05) is 17.7 Å². The van der Waals surface area contributed by atoms with Crippen molar-refractivity contribution in [2.24, 2.45) is 0 Å². The van der Waals surface area contributed by atoms with E-state index < -0.39 is 0 Å². The van der Waals surface area contributed by atoms with Crippen LogP contribution in [0, 0.1) is 6.92 Å². The Morgan fingerprint density at radius 1 is 1.47 bits per heavy atom. The summed E-state index contributed by atoms with van der Waals surface area (Å²) in [6.07, 6.45) is 0. The van der Waals surface area contributed by atoms with Gasteiger partial charge in [-0.15, -0.1) is 0 Å². The van der Waals surface area contributed by atoms with E-state index in [-0.39, 0.29) is 5.56 Å². The van der Waals surface area contributed by atoms with Crippen molar-refractivity contribution in [1.82, 2.24) is 15.1 Å². The minimum Gasteiger partial charge on any atom is -0.315 e. The zero-order valence-corrected chi connectivity index (χ0v) is 10.5. The summed E-state index contributed by atoms with van der Waals surface area (Å²) in [6.45, 7) is 2.46. The highest BCUT2D eigenvalue weighted by Gasteiger charge is 2.11. The molecule has 2 N–H and O–H groups in total. The van der Waals surface area contributed by atoms with Crippen LogP contribution in [0.2, 0.25) is 5.02 Å². The van der Waals surface area contributed by atoms with E-state index in [1.807, 2.05) is 32.2 Å². The highest BCUT2D eigenvalue weighted by atomic mass is 35.5. The first-order chi connectivity index (χ1) is 8.13. The maximum absolute atomic E-state index is 11.8. The predicted molar refractivity (Wildman–Crippen MR) is 68.9 cm³/mol. The van der Waals surface area contributed by atoms with Crippen LogP contribution in [0.5, 0.6) is 0 Å². The number of aromatic nitrogens is 2. The lowest BCUT2D eigenvalue weighted by Gasteiger charge is -2.06. The lowest BCUT2D eigenvalue weighted by molar-refractivity contribution is 0.801. The van der Waals surface area contributed by atoms with Crippen LogP contribution < -0.4 is 10.9 Å². The standard InChI is InChI=1S/C12H14ClN3O/c1-8-11(7-14-2)12(17)15-16(8)10-5-3-4-9(13)6-10/h3-6,14H,7H2,1-2H3,(H,15,17). The molecule has 1 aromatic carbocycles. The normalized spacial score (nSPS) is 10.8. The molecule has 0 saturated heterocycles. The predicted octanol–water partition coefficient (Wildman–Crippen LogP) is 1.85. The molecular formula is C12H14ClN3O. The van der Waals surface area contributed by atoms with Crippen LogP contribution in [0.3, 0.4) is 0 Å². The molecule has 2 rings (SSSR count). The van der Waals surface area contributed by atoms with Crippen LogP contribution >= 0.6 is 11.6 Å². The Kier molecular flexibility index (Phi) is 3.36. The molecule has 2 aromatic rings. The number of aromatic amines is 1. The third-order valence-electron chi connectivity index (χ3n) is 2.68. The second-order valence-electron chi connectivity index (χ2n) is 3.85. The van der Waals surface area contributed by atoms with Gasteiger partial charge in [-0.05, 0) is 32.2 Å². The maximum atomic E-state index is 11.8. The van der Waals surface area contributed by atoms with E-state index in [0.29, 0.717) is 11.6 Å². The fourth-order valence-corrected chi connectivity index (χ4v) is 2.00. The van der Waals surface area contributed by atoms with Crippen molar-refractivity contribution >= 4 is 11.6 Å². The Morgan fingerprint density at radius 3 is 2.88 bits per heavy atom. The Balaban J connectivity index is 2.54. The van der Waals surface area contributed by atoms with Gasteiger partial charge in [0.05, 0.1) is 11.3 Å². The van der Waals surface area contributed by atoms with Crippen molar-refractivity contribution in [1.29, 1.82) is 0 Å². The number of nitrogens with one attached hydrogen (secondary N) is 2. The van der Waals surface area contributed by atoms with Crippen LogP contribution in [0.15, 0.2) is 29.1 Å². The molecular weight excluding hydrogens is 238 g/mol. The van der Waals surface area contributed by atoms with Gasteiger partial charge in [0, 0.05) is 17.3 Å². The Morgan fingerprint density at radius 2 is 2.24 bits per heavy atom. The third-order valence-corrected chi connectivity index (χ3v) is 2.91. The SMILES string of the molecule is CNCc1c(C)n(-c2cccc(Cl)c2)[nH]c1=O. The largest absolute Gasteiger partial charge is 0.315 e. The second kappa shape index (κ2) is 4.77. The van der Waals surface area contributed by atoms with Crippen LogP contribution in [0.1, 0.15) is 11.3 Å². The topological polar surface area (TPSA) is 49.8 Å². The van der Waals surface area contributed by atoms with Gasteiger partial charge in [0.15, 0.2) is 0 Å². The van der Waals surface area contributed by atoms with E-state index in [1.165, 1.54) is 0 Å². The van der Waals surface area contributed by atoms with Gasteiger partial charge in [0.1, 0.15) is 0 Å². The number of benzene rings is 1. The summed E-state index contributed by atoms with van der Waals surface area (Å²) in [6, 6.07) is 7.37. The summed E-state index contributed by atoms with van der Waals surface area (Å²) in [4.78, 5) is 11.8. The number of halogens is 1. The number of H-pyrrole nitrogens is 1. The highest BCUT2D eigenvalue weighted by molar-refractivity contribution is 6.30. The first kappa shape index (κ1) is 12.0. The smallest absolute Gasteiger partial charge is 0.269 e. The lowest BCUT2D eigenvalue weighted by Crippen LogP contribution is -2.14. The molecule has 1 aromatic heterocycles. The zero-order chi connectivity index (χ0) is 12.4. The molecule has 0 fully saturated rings. The third kappa shape index (κ3) is 2.28. The molecule has 1 heterocycles. The van der Waals surface area contributed by atoms with E-state index in [2.05, 4.69) is 10.4 Å². The average Bonchev–Trinajstić information content (AvgIpc) is 2.57. The van der Waals surface area contributed by atoms with Crippen LogP contribution in [0.25, 0.3) is 5.69 Å². The van der Waals surface area contributed by atoms with Gasteiger partial charge in [0.2, 0.25) is 0 Å². The van der Waals surface area contributed by atoms with Crippen molar-refractivity contribution in [2.45, 2.75) is 13.5 Å². The first-order valence-corrected chi connectivity index (χ1v) is 5.72. The van der Waals surface area contributed by atoms with Crippen molar-refractivity contribution in [3.05, 3.63) is 50.9 Å². The van der Waals surface area contributed by atoms with E-state index in [9.17, 15) is 4.79 Å². The van der Waals surface area contributed by atoms with Crippen molar-refractivity contribution < 1.29 is 0 Å². The van der Waals surface area contributed by atoms with Crippen LogP contribution in [-0.4, -0.2) is 16.8 Å². The molecule has 0 aliphatic carbocycles. The molecule has 0 atom stereocenters. The molecule has 0 bridgehead atoms. The Bertz CT molecular complexity index is 586. The zero-order valence-electron chi connectivity index (χ0n) is 9.75. The summed E-state index contributed by atoms with van der Waals surface area (Å²) in [5.74, 6) is 0. The fourth-order valence-electron chi connectivity index (χ4n) is 1.81. The van der Waals surface area contributed by atoms with Crippen molar-refractivity contribution in [3.8, 4) is 5.69 Å². The highest BCUT2D eigenvalue weighted by Crippen LogP contribution is 2.16. The molecule has 4 nitrogen and oxygen atoms in total. The van der Waals surface area contributed by atoms with E-state index in [4.69, 9.17) is 11.6 Å². The van der Waals surface area contributed by atoms with Gasteiger partial charge in [0.25, 0.3) is 5.56 Å². The monoisotopic (exact) mass is 251 g/mol. The number of hydrogen-bond acceptors (Lipinski definition) is 2. The van der Waals surface area contributed by atoms with Crippen LogP contribution in [0.4, 0.5) is 0 Å². The summed E-state index contributed by atoms with van der Waals surface area (Å²) < 4.78 is 1.75. The summed E-state index contributed by atoms with van der Waals surface area (Å²) >= 11 is 5.94. The minimum absolute atomic E-state index is 0.0724. The number of nitrogens with zero attached hydrogens (tertiary/aromatic N) is 1. The average molecular weight is 252 g/mol. The maximum Gasteiger partial charge on any atom is 0.269 e. The van der Waals surface area contributed by atoms with E-state index >= 15 is 0 Å². The molecule has 0 radical (unpaired) electrons. The molecule has 17 heavy (non-hydrogen) atoms. The molecule has 5 heteroatoms. The molecule has 0 amide bonds. The second-order valence-corrected chi connectivity index (χ2v) is 4.29. The molecule has 0 saturated carbocycles. The molecule has 90 valence electrons. The van der Waals surface area contributed by atoms with Gasteiger partial charge < -0.3 is 5.32 Å². The van der Waals surface area contributed by atoms with Gasteiger partial charge in [-0.25, -0.2) is 0 Å². The minimum atomic E-state index is -0.0724. The van der Waals surface area contributed by atoms with Crippen molar-refractivity contribution in [2.75, 3.05) is 7.05 Å². The number of hydrogen-bond donors (Lipinski definition) is 2. The summed E-state index contributed by atoms with van der Waals surface area (Å²) in [7, 11) is 1.82. The van der Waals surface area contributed by atoms with Gasteiger partial charge in [-0.3, -0.25) is 14.6 Å². The summed E-state index contributed by atoms with van der Waals surface area (Å²) in [5, 5.41) is 6.43. The molecule has 0 spiro atoms. The van der Waals surface area contributed by atoms with E-state index in [1.54, 1.807) is 10.7 Å². The number of rotatable bonds is 3. The van der Waals surface area contributed by atoms with Crippen molar-refractivity contribution in [3.63, 3.8) is 0 Å². The molecule has 0 unspecified atom stereocenters. The fraction of sp³-hybridized carbons (Fsp3) is 0.250. The molecule has 0 aliphatic rings. The van der Waals surface area contributed by atoms with Gasteiger partial charge >= 0.3 is 0 Å². The van der Waals surface area contributed by atoms with E-state index in [0.717, 1.165) is 16.9 Å². The quantitative estimate of drug-likeness (QED) is 0.875. The first-order valence-electron chi connectivity index (χ1n) is 5.34. The molecule has 0 aliphatic heterocycles. The Labute approximate surface area is 104 Å². The van der Waals surface area contributed by atoms with Gasteiger partial charge in [-0.2, -0.15) is 0 Å². The summed E-state index contributed by atoms with van der Waals surface area (Å²) in [5.41, 5.74) is 2.42. The Hall–Kier alpha value is -1.52.